The van der Waals surface area contributed by atoms with Crippen molar-refractivity contribution in [3.63, 3.8) is 0 Å². The van der Waals surface area contributed by atoms with Gasteiger partial charge in [0.25, 0.3) is 0 Å². The Morgan fingerprint density at radius 3 is 2.86 bits per heavy atom. The van der Waals surface area contributed by atoms with Crippen LogP contribution in [0.15, 0.2) is 32.6 Å². The van der Waals surface area contributed by atoms with Gasteiger partial charge >= 0.3 is 5.63 Å². The van der Waals surface area contributed by atoms with Crippen LogP contribution in [0.25, 0.3) is 11.0 Å². The summed E-state index contributed by atoms with van der Waals surface area (Å²) in [5.41, 5.74) is 4.01. The second-order valence-electron chi connectivity index (χ2n) is 5.44. The summed E-state index contributed by atoms with van der Waals surface area (Å²) in [5.74, 6) is 0.634. The maximum Gasteiger partial charge on any atom is 0.336 e. The van der Waals surface area contributed by atoms with Gasteiger partial charge in [0.2, 0.25) is 5.16 Å². The molecule has 0 amide bonds. The largest absolute Gasteiger partial charge is 0.423 e. The molecule has 7 heteroatoms. The van der Waals surface area contributed by atoms with Crippen LogP contribution in [0.4, 0.5) is 0 Å². The first kappa shape index (κ1) is 13.5. The van der Waals surface area contributed by atoms with Crippen molar-refractivity contribution >= 4 is 22.7 Å². The number of aromatic nitrogens is 4. The molecule has 0 bridgehead atoms. The van der Waals surface area contributed by atoms with Crippen LogP contribution >= 0.6 is 11.8 Å². The molecular weight excluding hydrogens is 300 g/mol. The number of thioether (sulfide) groups is 1. The highest BCUT2D eigenvalue weighted by atomic mass is 32.2. The Morgan fingerprint density at radius 2 is 2.09 bits per heavy atom. The molecule has 0 aliphatic heterocycles. The molecule has 1 aromatic carbocycles. The third-order valence-electron chi connectivity index (χ3n) is 3.98. The smallest absolute Gasteiger partial charge is 0.336 e. The molecule has 0 unspecified atom stereocenters. The zero-order valence-corrected chi connectivity index (χ0v) is 12.9. The van der Waals surface area contributed by atoms with Crippen molar-refractivity contribution in [1.29, 1.82) is 0 Å². The number of benzene rings is 1. The molecule has 3 aromatic rings. The first-order chi connectivity index (χ1) is 10.7. The van der Waals surface area contributed by atoms with Crippen LogP contribution in [-0.2, 0) is 25.6 Å². The minimum atomic E-state index is -0.308. The molecule has 0 fully saturated rings. The Balaban J connectivity index is 1.76. The van der Waals surface area contributed by atoms with E-state index in [4.69, 9.17) is 4.42 Å². The molecule has 2 aromatic heterocycles. The Labute approximate surface area is 130 Å². The molecule has 1 aliphatic carbocycles. The van der Waals surface area contributed by atoms with Gasteiger partial charge < -0.3 is 4.42 Å². The molecule has 0 saturated carbocycles. The quantitative estimate of drug-likeness (QED) is 0.544. The molecular formula is C15H14N4O2S. The van der Waals surface area contributed by atoms with E-state index in [1.807, 2.05) is 6.07 Å². The van der Waals surface area contributed by atoms with E-state index in [-0.39, 0.29) is 5.63 Å². The summed E-state index contributed by atoms with van der Waals surface area (Å²) in [4.78, 5) is 11.8. The number of hydrogen-bond donors (Lipinski definition) is 0. The summed E-state index contributed by atoms with van der Waals surface area (Å²) in [6.45, 7) is 0. The predicted molar refractivity (Wildman–Crippen MR) is 82.9 cm³/mol. The molecule has 22 heavy (non-hydrogen) atoms. The number of rotatable bonds is 3. The summed E-state index contributed by atoms with van der Waals surface area (Å²) < 4.78 is 7.00. The molecule has 0 atom stereocenters. The van der Waals surface area contributed by atoms with Gasteiger partial charge in [-0.3, -0.25) is 0 Å². The summed E-state index contributed by atoms with van der Waals surface area (Å²) in [6.07, 6.45) is 3.34. The van der Waals surface area contributed by atoms with Crippen LogP contribution in [0.2, 0.25) is 0 Å². The summed E-state index contributed by atoms with van der Waals surface area (Å²) in [7, 11) is 1.80. The molecule has 0 saturated heterocycles. The number of hydrogen-bond acceptors (Lipinski definition) is 6. The second kappa shape index (κ2) is 5.24. The lowest BCUT2D eigenvalue weighted by Crippen LogP contribution is -2.01. The average Bonchev–Trinajstić information content (AvgIpc) is 3.11. The fourth-order valence-electron chi connectivity index (χ4n) is 2.90. The molecule has 6 nitrogen and oxygen atoms in total. The lowest BCUT2D eigenvalue weighted by atomic mass is 10.0. The van der Waals surface area contributed by atoms with E-state index in [1.165, 1.54) is 29.3 Å². The minimum absolute atomic E-state index is 0.308. The Bertz CT molecular complexity index is 916. The lowest BCUT2D eigenvalue weighted by molar-refractivity contribution is 0.559. The van der Waals surface area contributed by atoms with Crippen LogP contribution in [-0.4, -0.2) is 20.2 Å². The van der Waals surface area contributed by atoms with E-state index >= 15 is 0 Å². The summed E-state index contributed by atoms with van der Waals surface area (Å²) in [6, 6.07) is 5.77. The van der Waals surface area contributed by atoms with Crippen molar-refractivity contribution < 1.29 is 4.42 Å². The molecule has 0 radical (unpaired) electrons. The fourth-order valence-corrected chi connectivity index (χ4v) is 3.74. The topological polar surface area (TPSA) is 73.8 Å². The SMILES string of the molecule is Cn1nnnc1SCc1cc(=O)oc2cc3c(cc12)CCC3. The van der Waals surface area contributed by atoms with Gasteiger partial charge in [-0.05, 0) is 58.5 Å². The highest BCUT2D eigenvalue weighted by molar-refractivity contribution is 7.98. The van der Waals surface area contributed by atoms with E-state index in [0.29, 0.717) is 11.3 Å². The standard InChI is InChI=1S/C15H14N4O2S/c1-19-15(16-17-18-19)22-8-11-7-14(20)21-13-6-10-4-2-3-9(10)5-12(11)13/h5-7H,2-4,8H2,1H3. The Hall–Kier alpha value is -2.15. The van der Waals surface area contributed by atoms with Crippen molar-refractivity contribution in [2.24, 2.45) is 7.05 Å². The highest BCUT2D eigenvalue weighted by Gasteiger charge is 2.15. The predicted octanol–water partition coefficient (Wildman–Crippen LogP) is 2.10. The normalized spacial score (nSPS) is 13.7. The number of fused-ring (bicyclic) bond motifs is 2. The number of tetrazole rings is 1. The average molecular weight is 314 g/mol. The maximum atomic E-state index is 11.8. The van der Waals surface area contributed by atoms with E-state index in [2.05, 4.69) is 21.6 Å². The van der Waals surface area contributed by atoms with E-state index in [0.717, 1.165) is 28.9 Å². The molecule has 1 aliphatic rings. The van der Waals surface area contributed by atoms with Gasteiger partial charge in [-0.25, -0.2) is 9.48 Å². The molecule has 4 rings (SSSR count). The third-order valence-corrected chi connectivity index (χ3v) is 5.04. The van der Waals surface area contributed by atoms with E-state index < -0.39 is 0 Å². The van der Waals surface area contributed by atoms with Gasteiger partial charge in [0, 0.05) is 24.3 Å². The van der Waals surface area contributed by atoms with Crippen LogP contribution in [0.3, 0.4) is 0 Å². The van der Waals surface area contributed by atoms with Gasteiger partial charge in [-0.15, -0.1) is 5.10 Å². The zero-order valence-electron chi connectivity index (χ0n) is 12.1. The minimum Gasteiger partial charge on any atom is -0.423 e. The van der Waals surface area contributed by atoms with Crippen LogP contribution in [0, 0.1) is 0 Å². The van der Waals surface area contributed by atoms with E-state index in [9.17, 15) is 4.79 Å². The Morgan fingerprint density at radius 1 is 1.27 bits per heavy atom. The fraction of sp³-hybridized carbons (Fsp3) is 0.333. The molecule has 112 valence electrons. The van der Waals surface area contributed by atoms with Crippen LogP contribution in [0.1, 0.15) is 23.1 Å². The van der Waals surface area contributed by atoms with Crippen molar-refractivity contribution in [1.82, 2.24) is 20.2 Å². The van der Waals surface area contributed by atoms with E-state index in [1.54, 1.807) is 17.8 Å². The second-order valence-corrected chi connectivity index (χ2v) is 6.38. The highest BCUT2D eigenvalue weighted by Crippen LogP contribution is 2.30. The van der Waals surface area contributed by atoms with Gasteiger partial charge in [-0.1, -0.05) is 11.8 Å². The van der Waals surface area contributed by atoms with Gasteiger partial charge in [0.15, 0.2) is 0 Å². The number of nitrogens with zero attached hydrogens (tertiary/aromatic N) is 4. The summed E-state index contributed by atoms with van der Waals surface area (Å²) in [5, 5.41) is 13.1. The molecule has 2 heterocycles. The van der Waals surface area contributed by atoms with Gasteiger partial charge in [0.1, 0.15) is 5.58 Å². The van der Waals surface area contributed by atoms with Gasteiger partial charge in [-0.2, -0.15) is 0 Å². The number of aryl methyl sites for hydroxylation is 3. The van der Waals surface area contributed by atoms with Crippen molar-refractivity contribution in [2.45, 2.75) is 30.2 Å². The van der Waals surface area contributed by atoms with Crippen LogP contribution < -0.4 is 5.63 Å². The first-order valence-corrected chi connectivity index (χ1v) is 8.13. The molecule has 0 spiro atoms. The first-order valence-electron chi connectivity index (χ1n) is 7.14. The van der Waals surface area contributed by atoms with Gasteiger partial charge in [0.05, 0.1) is 0 Å². The Kier molecular flexibility index (Phi) is 3.22. The third kappa shape index (κ3) is 2.31. The van der Waals surface area contributed by atoms with Crippen LogP contribution in [0.5, 0.6) is 0 Å². The van der Waals surface area contributed by atoms with Crippen molar-refractivity contribution in [2.75, 3.05) is 0 Å². The maximum absolute atomic E-state index is 11.8. The monoisotopic (exact) mass is 314 g/mol. The zero-order chi connectivity index (χ0) is 15.1. The summed E-state index contributed by atoms with van der Waals surface area (Å²) >= 11 is 1.51. The van der Waals surface area contributed by atoms with Crippen molar-refractivity contribution in [3.8, 4) is 0 Å². The lowest BCUT2D eigenvalue weighted by Gasteiger charge is -2.07. The molecule has 0 N–H and O–H groups in total. The van der Waals surface area contributed by atoms with Crippen molar-refractivity contribution in [3.05, 3.63) is 45.3 Å².